The van der Waals surface area contributed by atoms with Crippen LogP contribution in [0.2, 0.25) is 0 Å². The van der Waals surface area contributed by atoms with Gasteiger partial charge in [-0.25, -0.2) is 0 Å². The average molecular weight is 226 g/mol. The van der Waals surface area contributed by atoms with Gasteiger partial charge in [-0.05, 0) is 39.7 Å². The molecule has 2 rings (SSSR count). The zero-order valence-electron chi connectivity index (χ0n) is 10.2. The zero-order chi connectivity index (χ0) is 11.5. The van der Waals surface area contributed by atoms with Crippen LogP contribution in [0.3, 0.4) is 0 Å². The maximum Gasteiger partial charge on any atom is 0.249 e. The maximum atomic E-state index is 12.1. The first-order valence-electron chi connectivity index (χ1n) is 6.32. The number of hydrogen-bond acceptors (Lipinski definition) is 3. The first-order valence-corrected chi connectivity index (χ1v) is 6.32. The quantitative estimate of drug-likeness (QED) is 0.772. The number of hydrogen-bond donors (Lipinski definition) is 1. The second-order valence-electron chi connectivity index (χ2n) is 5.04. The number of rotatable bonds is 3. The molecule has 92 valence electrons. The van der Waals surface area contributed by atoms with E-state index in [1.165, 1.54) is 6.42 Å². The number of fused-ring (bicyclic) bond motifs is 2. The molecule has 2 saturated heterocycles. The molecule has 4 heteroatoms. The third-order valence-corrected chi connectivity index (χ3v) is 3.48. The van der Waals surface area contributed by atoms with Gasteiger partial charge in [-0.1, -0.05) is 0 Å². The Hall–Kier alpha value is -0.610. The number of ether oxygens (including phenoxy) is 1. The molecule has 1 amide bonds. The van der Waals surface area contributed by atoms with Crippen molar-refractivity contribution < 1.29 is 9.53 Å². The van der Waals surface area contributed by atoms with Crippen molar-refractivity contribution in [2.45, 2.75) is 51.3 Å². The van der Waals surface area contributed by atoms with Crippen molar-refractivity contribution in [2.24, 2.45) is 0 Å². The van der Waals surface area contributed by atoms with E-state index in [1.54, 1.807) is 0 Å². The molecule has 0 aromatic carbocycles. The summed E-state index contributed by atoms with van der Waals surface area (Å²) >= 11 is 0. The van der Waals surface area contributed by atoms with E-state index in [1.807, 2.05) is 13.8 Å². The van der Waals surface area contributed by atoms with Gasteiger partial charge in [0, 0.05) is 18.6 Å². The van der Waals surface area contributed by atoms with Crippen molar-refractivity contribution in [3.63, 3.8) is 0 Å². The first-order chi connectivity index (χ1) is 7.68. The Labute approximate surface area is 97.3 Å². The molecule has 0 radical (unpaired) electrons. The van der Waals surface area contributed by atoms with Gasteiger partial charge < -0.3 is 15.0 Å². The summed E-state index contributed by atoms with van der Waals surface area (Å²) in [6, 6.07) is 0.846. The molecule has 2 aliphatic rings. The summed E-state index contributed by atoms with van der Waals surface area (Å²) in [5.74, 6) is 0.171. The number of nitrogens with one attached hydrogen (secondary N) is 1. The fraction of sp³-hybridized carbons (Fsp3) is 0.917. The third-order valence-electron chi connectivity index (χ3n) is 3.48. The van der Waals surface area contributed by atoms with Crippen molar-refractivity contribution in [3.8, 4) is 0 Å². The monoisotopic (exact) mass is 226 g/mol. The van der Waals surface area contributed by atoms with Crippen LogP contribution < -0.4 is 5.32 Å². The third kappa shape index (κ3) is 2.55. The van der Waals surface area contributed by atoms with E-state index in [0.29, 0.717) is 12.1 Å². The molecule has 0 aliphatic carbocycles. The van der Waals surface area contributed by atoms with Crippen LogP contribution in [0.5, 0.6) is 0 Å². The van der Waals surface area contributed by atoms with Gasteiger partial charge in [0.1, 0.15) is 6.61 Å². The summed E-state index contributed by atoms with van der Waals surface area (Å²) in [6.45, 7) is 6.16. The Morgan fingerprint density at radius 1 is 1.38 bits per heavy atom. The smallest absolute Gasteiger partial charge is 0.249 e. The minimum atomic E-state index is 0.131. The van der Waals surface area contributed by atoms with E-state index >= 15 is 0 Å². The lowest BCUT2D eigenvalue weighted by molar-refractivity contribution is -0.140. The van der Waals surface area contributed by atoms with Crippen LogP contribution in [0.1, 0.15) is 33.1 Å². The summed E-state index contributed by atoms with van der Waals surface area (Å²) in [6.07, 6.45) is 3.53. The second kappa shape index (κ2) is 5.15. The number of carbonyl (C=O) groups excluding carboxylic acids is 1. The van der Waals surface area contributed by atoms with Crippen LogP contribution in [0.25, 0.3) is 0 Å². The van der Waals surface area contributed by atoms with Gasteiger partial charge >= 0.3 is 0 Å². The van der Waals surface area contributed by atoms with Crippen molar-refractivity contribution in [1.82, 2.24) is 10.2 Å². The summed E-state index contributed by atoms with van der Waals surface area (Å²) < 4.78 is 5.41. The molecular weight excluding hydrogens is 204 g/mol. The average Bonchev–Trinajstić information content (AvgIpc) is 2.48. The van der Waals surface area contributed by atoms with Gasteiger partial charge in [0.2, 0.25) is 5.91 Å². The summed E-state index contributed by atoms with van der Waals surface area (Å²) in [4.78, 5) is 14.2. The highest BCUT2D eigenvalue weighted by Gasteiger charge is 2.37. The highest BCUT2D eigenvalue weighted by Crippen LogP contribution is 2.27. The van der Waals surface area contributed by atoms with Gasteiger partial charge in [0.05, 0.1) is 6.10 Å². The maximum absolute atomic E-state index is 12.1. The minimum absolute atomic E-state index is 0.131. The standard InChI is InChI=1S/C12H22N2O2/c1-9(2)16-8-12(15)14-10-3-4-11(14)7-13-6-5-10/h9-11,13H,3-8H2,1-2H3. The van der Waals surface area contributed by atoms with Gasteiger partial charge in [0.25, 0.3) is 0 Å². The normalized spacial score (nSPS) is 29.6. The van der Waals surface area contributed by atoms with E-state index in [0.717, 1.165) is 25.9 Å². The zero-order valence-corrected chi connectivity index (χ0v) is 10.2. The van der Waals surface area contributed by atoms with Gasteiger partial charge in [-0.15, -0.1) is 0 Å². The molecule has 2 atom stereocenters. The fourth-order valence-corrected chi connectivity index (χ4v) is 2.70. The number of amides is 1. The molecule has 2 fully saturated rings. The van der Waals surface area contributed by atoms with Crippen molar-refractivity contribution in [2.75, 3.05) is 19.7 Å². The molecule has 2 unspecified atom stereocenters. The lowest BCUT2D eigenvalue weighted by Crippen LogP contribution is -2.44. The SMILES string of the molecule is CC(C)OCC(=O)N1C2CCNCC1CC2. The van der Waals surface area contributed by atoms with E-state index in [2.05, 4.69) is 10.2 Å². The minimum Gasteiger partial charge on any atom is -0.369 e. The van der Waals surface area contributed by atoms with Crippen LogP contribution >= 0.6 is 0 Å². The predicted octanol–water partition coefficient (Wildman–Crippen LogP) is 0.764. The van der Waals surface area contributed by atoms with Crippen LogP contribution in [0, 0.1) is 0 Å². The van der Waals surface area contributed by atoms with E-state index in [4.69, 9.17) is 4.74 Å². The molecule has 0 aromatic heterocycles. The van der Waals surface area contributed by atoms with Gasteiger partial charge in [-0.2, -0.15) is 0 Å². The molecule has 4 nitrogen and oxygen atoms in total. The predicted molar refractivity (Wildman–Crippen MR) is 62.2 cm³/mol. The van der Waals surface area contributed by atoms with Crippen LogP contribution in [-0.2, 0) is 9.53 Å². The Balaban J connectivity index is 1.94. The number of nitrogens with zero attached hydrogens (tertiary/aromatic N) is 1. The lowest BCUT2D eigenvalue weighted by atomic mass is 10.1. The molecule has 1 N–H and O–H groups in total. The molecule has 0 spiro atoms. The van der Waals surface area contributed by atoms with E-state index in [-0.39, 0.29) is 18.6 Å². The Kier molecular flexibility index (Phi) is 3.82. The largest absolute Gasteiger partial charge is 0.369 e. The molecule has 2 bridgehead atoms. The van der Waals surface area contributed by atoms with Crippen LogP contribution in [-0.4, -0.2) is 48.7 Å². The molecule has 0 saturated carbocycles. The fourth-order valence-electron chi connectivity index (χ4n) is 2.70. The number of carbonyl (C=O) groups is 1. The van der Waals surface area contributed by atoms with Crippen molar-refractivity contribution in [3.05, 3.63) is 0 Å². The molecule has 2 aliphatic heterocycles. The van der Waals surface area contributed by atoms with Gasteiger partial charge in [0.15, 0.2) is 0 Å². The summed E-state index contributed by atoms with van der Waals surface area (Å²) in [7, 11) is 0. The topological polar surface area (TPSA) is 41.6 Å². The summed E-state index contributed by atoms with van der Waals surface area (Å²) in [5, 5.41) is 3.39. The molecule has 2 heterocycles. The lowest BCUT2D eigenvalue weighted by Gasteiger charge is -2.28. The van der Waals surface area contributed by atoms with E-state index in [9.17, 15) is 4.79 Å². The second-order valence-corrected chi connectivity index (χ2v) is 5.04. The summed E-state index contributed by atoms with van der Waals surface area (Å²) in [5.41, 5.74) is 0. The highest BCUT2D eigenvalue weighted by atomic mass is 16.5. The Morgan fingerprint density at radius 3 is 2.88 bits per heavy atom. The van der Waals surface area contributed by atoms with Crippen molar-refractivity contribution >= 4 is 5.91 Å². The highest BCUT2D eigenvalue weighted by molar-refractivity contribution is 5.78. The van der Waals surface area contributed by atoms with E-state index < -0.39 is 0 Å². The van der Waals surface area contributed by atoms with Crippen molar-refractivity contribution in [1.29, 1.82) is 0 Å². The van der Waals surface area contributed by atoms with Crippen LogP contribution in [0.4, 0.5) is 0 Å². The molecule has 0 aromatic rings. The molecule has 16 heavy (non-hydrogen) atoms. The Morgan fingerprint density at radius 2 is 2.12 bits per heavy atom. The van der Waals surface area contributed by atoms with Crippen LogP contribution in [0.15, 0.2) is 0 Å². The first kappa shape index (κ1) is 11.9. The van der Waals surface area contributed by atoms with Gasteiger partial charge in [-0.3, -0.25) is 4.79 Å². The molecular formula is C12H22N2O2. The Bertz CT molecular complexity index is 241.